The second-order valence-corrected chi connectivity index (χ2v) is 9.96. The van der Waals surface area contributed by atoms with E-state index in [9.17, 15) is 22.4 Å². The van der Waals surface area contributed by atoms with E-state index >= 15 is 0 Å². The SMILES string of the molecule is O=C(c1cnn(-c2ccc(F)cc2)c1C1CCN(CCC(F)(F)F)CC1)N1CCC(c2ccccc2)C1. The van der Waals surface area contributed by atoms with Gasteiger partial charge in [0.1, 0.15) is 5.82 Å². The van der Waals surface area contributed by atoms with Crippen molar-refractivity contribution in [1.29, 1.82) is 0 Å². The van der Waals surface area contributed by atoms with Crippen molar-refractivity contribution in [3.05, 3.63) is 83.4 Å². The molecule has 2 fully saturated rings. The Kier molecular flexibility index (Phi) is 7.33. The lowest BCUT2D eigenvalue weighted by Crippen LogP contribution is -2.36. The molecule has 1 amide bonds. The van der Waals surface area contributed by atoms with Gasteiger partial charge in [0.25, 0.3) is 5.91 Å². The zero-order valence-corrected chi connectivity index (χ0v) is 20.5. The molecule has 5 nitrogen and oxygen atoms in total. The number of piperidine rings is 1. The molecule has 0 N–H and O–H groups in total. The van der Waals surface area contributed by atoms with Crippen molar-refractivity contribution in [3.8, 4) is 5.69 Å². The van der Waals surface area contributed by atoms with Crippen molar-refractivity contribution < 1.29 is 22.4 Å². The first-order chi connectivity index (χ1) is 17.8. The van der Waals surface area contributed by atoms with Gasteiger partial charge in [-0.3, -0.25) is 4.79 Å². The van der Waals surface area contributed by atoms with Crippen LogP contribution in [0.1, 0.15) is 59.1 Å². The van der Waals surface area contributed by atoms with E-state index in [0.717, 1.165) is 12.1 Å². The lowest BCUT2D eigenvalue weighted by molar-refractivity contribution is -0.138. The summed E-state index contributed by atoms with van der Waals surface area (Å²) in [5.74, 6) is -0.212. The minimum atomic E-state index is -4.18. The molecule has 0 aliphatic carbocycles. The fourth-order valence-corrected chi connectivity index (χ4v) is 5.53. The predicted octanol–water partition coefficient (Wildman–Crippen LogP) is 5.77. The van der Waals surface area contributed by atoms with Gasteiger partial charge in [0, 0.05) is 31.5 Å². The van der Waals surface area contributed by atoms with E-state index in [2.05, 4.69) is 17.2 Å². The van der Waals surface area contributed by atoms with Gasteiger partial charge in [0.15, 0.2) is 0 Å². The van der Waals surface area contributed by atoms with Crippen LogP contribution in [0.2, 0.25) is 0 Å². The van der Waals surface area contributed by atoms with Crippen molar-refractivity contribution in [2.24, 2.45) is 0 Å². The fourth-order valence-electron chi connectivity index (χ4n) is 5.53. The number of rotatable bonds is 6. The van der Waals surface area contributed by atoms with E-state index in [4.69, 9.17) is 0 Å². The van der Waals surface area contributed by atoms with Gasteiger partial charge >= 0.3 is 6.18 Å². The maximum absolute atomic E-state index is 13.7. The second kappa shape index (κ2) is 10.7. The highest BCUT2D eigenvalue weighted by molar-refractivity contribution is 5.95. The Morgan fingerprint density at radius 2 is 1.59 bits per heavy atom. The molecule has 196 valence electrons. The van der Waals surface area contributed by atoms with Crippen LogP contribution in [0.3, 0.4) is 0 Å². The number of hydrogen-bond donors (Lipinski definition) is 0. The molecule has 37 heavy (non-hydrogen) atoms. The molecule has 2 aliphatic heterocycles. The molecular formula is C28H30F4N4O. The zero-order chi connectivity index (χ0) is 26.0. The van der Waals surface area contributed by atoms with Gasteiger partial charge in [0.05, 0.1) is 29.6 Å². The third kappa shape index (κ3) is 5.87. The molecule has 5 rings (SSSR count). The molecule has 0 bridgehead atoms. The molecule has 3 aromatic rings. The summed E-state index contributed by atoms with van der Waals surface area (Å²) < 4.78 is 53.4. The van der Waals surface area contributed by atoms with Gasteiger partial charge in [-0.1, -0.05) is 30.3 Å². The molecule has 1 aromatic heterocycles. The van der Waals surface area contributed by atoms with Gasteiger partial charge in [-0.2, -0.15) is 18.3 Å². The number of benzene rings is 2. The standard InChI is InChI=1S/C28H30F4N4O/c29-23-6-8-24(9-7-23)36-26(21-10-14-34(15-11-21)17-13-28(30,31)32)25(18-33-36)27(37)35-16-12-22(19-35)20-4-2-1-3-5-20/h1-9,18,21-22H,10-17,19H2. The first kappa shape index (κ1) is 25.4. The number of halogens is 4. The van der Waals surface area contributed by atoms with Gasteiger partial charge in [-0.05, 0) is 62.2 Å². The number of alkyl halides is 3. The fraction of sp³-hybridized carbons (Fsp3) is 0.429. The van der Waals surface area contributed by atoms with Gasteiger partial charge in [0.2, 0.25) is 0 Å². The third-order valence-corrected chi connectivity index (χ3v) is 7.54. The van der Waals surface area contributed by atoms with Gasteiger partial charge in [-0.15, -0.1) is 0 Å². The van der Waals surface area contributed by atoms with Crippen molar-refractivity contribution in [2.75, 3.05) is 32.7 Å². The van der Waals surface area contributed by atoms with Crippen LogP contribution in [0, 0.1) is 5.82 Å². The third-order valence-electron chi connectivity index (χ3n) is 7.54. The van der Waals surface area contributed by atoms with Crippen LogP contribution in [-0.2, 0) is 0 Å². The van der Waals surface area contributed by atoms with Crippen LogP contribution >= 0.6 is 0 Å². The highest BCUT2D eigenvalue weighted by atomic mass is 19.4. The monoisotopic (exact) mass is 514 g/mol. The van der Waals surface area contributed by atoms with E-state index < -0.39 is 12.6 Å². The summed E-state index contributed by atoms with van der Waals surface area (Å²) in [6, 6.07) is 16.1. The molecule has 0 saturated carbocycles. The summed E-state index contributed by atoms with van der Waals surface area (Å²) >= 11 is 0. The van der Waals surface area contributed by atoms with Crippen LogP contribution in [0.5, 0.6) is 0 Å². The van der Waals surface area contributed by atoms with E-state index in [-0.39, 0.29) is 30.1 Å². The van der Waals surface area contributed by atoms with Crippen LogP contribution in [0.15, 0.2) is 60.8 Å². The van der Waals surface area contributed by atoms with Crippen LogP contribution in [0.4, 0.5) is 17.6 Å². The second-order valence-electron chi connectivity index (χ2n) is 9.96. The molecule has 1 unspecified atom stereocenters. The van der Waals surface area contributed by atoms with Crippen LogP contribution in [0.25, 0.3) is 5.69 Å². The molecule has 0 spiro atoms. The normalized spacial score (nSPS) is 19.5. The smallest absolute Gasteiger partial charge is 0.338 e. The molecule has 9 heteroatoms. The maximum atomic E-state index is 13.7. The lowest BCUT2D eigenvalue weighted by atomic mass is 9.90. The number of amides is 1. The summed E-state index contributed by atoms with van der Waals surface area (Å²) in [5.41, 5.74) is 3.15. The minimum absolute atomic E-state index is 0.0200. The molecule has 2 aromatic carbocycles. The first-order valence-electron chi connectivity index (χ1n) is 12.8. The number of nitrogens with zero attached hydrogens (tertiary/aromatic N) is 4. The molecule has 0 radical (unpaired) electrons. The summed E-state index contributed by atoms with van der Waals surface area (Å²) in [5, 5.41) is 4.53. The Morgan fingerprint density at radius 3 is 2.27 bits per heavy atom. The van der Waals surface area contributed by atoms with Gasteiger partial charge in [-0.25, -0.2) is 9.07 Å². The van der Waals surface area contributed by atoms with E-state index in [1.54, 1.807) is 23.0 Å². The van der Waals surface area contributed by atoms with E-state index in [1.165, 1.54) is 17.7 Å². The average molecular weight is 515 g/mol. The highest BCUT2D eigenvalue weighted by Gasteiger charge is 2.35. The Morgan fingerprint density at radius 1 is 0.919 bits per heavy atom. The summed E-state index contributed by atoms with van der Waals surface area (Å²) in [4.78, 5) is 17.4. The van der Waals surface area contributed by atoms with Crippen LogP contribution in [-0.4, -0.2) is 64.4 Å². The topological polar surface area (TPSA) is 41.4 Å². The number of carbonyl (C=O) groups excluding carboxylic acids is 1. The van der Waals surface area contributed by atoms with Crippen LogP contribution < -0.4 is 0 Å². The predicted molar refractivity (Wildman–Crippen MR) is 132 cm³/mol. The van der Waals surface area contributed by atoms with E-state index in [1.807, 2.05) is 28.0 Å². The first-order valence-corrected chi connectivity index (χ1v) is 12.8. The Labute approximate surface area is 213 Å². The van der Waals surface area contributed by atoms with Gasteiger partial charge < -0.3 is 9.80 Å². The molecular weight excluding hydrogens is 484 g/mol. The molecule has 2 saturated heterocycles. The number of hydrogen-bond acceptors (Lipinski definition) is 3. The molecule has 3 heterocycles. The number of carbonyl (C=O) groups is 1. The average Bonchev–Trinajstić information content (AvgIpc) is 3.56. The largest absolute Gasteiger partial charge is 0.390 e. The number of aromatic nitrogens is 2. The summed E-state index contributed by atoms with van der Waals surface area (Å²) in [6.07, 6.45) is -1.28. The Balaban J connectivity index is 1.38. The summed E-state index contributed by atoms with van der Waals surface area (Å²) in [6.45, 7) is 2.29. The minimum Gasteiger partial charge on any atom is -0.338 e. The van der Waals surface area contributed by atoms with Crippen molar-refractivity contribution in [1.82, 2.24) is 19.6 Å². The molecule has 2 aliphatic rings. The highest BCUT2D eigenvalue weighted by Crippen LogP contribution is 2.35. The van der Waals surface area contributed by atoms with Crippen molar-refractivity contribution >= 4 is 5.91 Å². The van der Waals surface area contributed by atoms with Crippen molar-refractivity contribution in [3.63, 3.8) is 0 Å². The Hall–Kier alpha value is -3.20. The zero-order valence-electron chi connectivity index (χ0n) is 20.5. The molecule has 1 atom stereocenters. The maximum Gasteiger partial charge on any atom is 0.390 e. The van der Waals surface area contributed by atoms with E-state index in [0.29, 0.717) is 50.3 Å². The van der Waals surface area contributed by atoms with Crippen molar-refractivity contribution in [2.45, 2.75) is 43.7 Å². The quantitative estimate of drug-likeness (QED) is 0.392. The number of likely N-dealkylation sites (tertiary alicyclic amines) is 2. The Bertz CT molecular complexity index is 1200. The summed E-state index contributed by atoms with van der Waals surface area (Å²) in [7, 11) is 0. The lowest BCUT2D eigenvalue weighted by Gasteiger charge is -2.33.